The van der Waals surface area contributed by atoms with Crippen LogP contribution in [-0.4, -0.2) is 21.7 Å². The van der Waals surface area contributed by atoms with E-state index < -0.39 is 0 Å². The van der Waals surface area contributed by atoms with Crippen LogP contribution in [0.4, 0.5) is 5.82 Å². The second kappa shape index (κ2) is 2.77. The minimum absolute atomic E-state index is 0.697. The highest BCUT2D eigenvalue weighted by Crippen LogP contribution is 2.21. The Morgan fingerprint density at radius 1 is 1.36 bits per heavy atom. The molecule has 3 N–H and O–H groups in total. The first kappa shape index (κ1) is 7.03. The number of hydrogen-bond acceptors (Lipinski definition) is 3. The molecule has 60 valence electrons. The molecule has 0 bridgehead atoms. The van der Waals surface area contributed by atoms with E-state index in [4.69, 9.17) is 5.73 Å². The lowest BCUT2D eigenvalue weighted by Crippen LogP contribution is -1.94. The average molecular weight is 169 g/mol. The van der Waals surface area contributed by atoms with Crippen LogP contribution in [0.1, 0.15) is 11.3 Å². The van der Waals surface area contributed by atoms with Gasteiger partial charge in [0.25, 0.3) is 0 Å². The number of aromatic nitrogens is 2. The molecule has 2 rings (SSSR count). The smallest absolute Gasteiger partial charge is 0.148 e. The fourth-order valence-corrected chi connectivity index (χ4v) is 2.25. The molecular weight excluding hydrogens is 158 g/mol. The molecule has 1 aliphatic rings. The van der Waals surface area contributed by atoms with E-state index in [9.17, 15) is 0 Å². The van der Waals surface area contributed by atoms with Gasteiger partial charge in [0.15, 0.2) is 0 Å². The number of fused-ring (bicyclic) bond motifs is 1. The van der Waals surface area contributed by atoms with Crippen LogP contribution in [0, 0.1) is 0 Å². The summed E-state index contributed by atoms with van der Waals surface area (Å²) in [6.45, 7) is 0. The fraction of sp³-hybridized carbons (Fsp3) is 0.571. The molecule has 0 radical (unpaired) electrons. The van der Waals surface area contributed by atoms with Crippen molar-refractivity contribution in [2.45, 2.75) is 12.8 Å². The summed E-state index contributed by atoms with van der Waals surface area (Å²) in [7, 11) is 0. The van der Waals surface area contributed by atoms with Gasteiger partial charge < -0.3 is 5.73 Å². The first-order valence-corrected chi connectivity index (χ1v) is 4.93. The average Bonchev–Trinajstić information content (AvgIpc) is 2.25. The quantitative estimate of drug-likeness (QED) is 0.604. The Labute approximate surface area is 69.7 Å². The van der Waals surface area contributed by atoms with Gasteiger partial charge in [-0.15, -0.1) is 0 Å². The van der Waals surface area contributed by atoms with E-state index in [-0.39, 0.29) is 0 Å². The molecule has 4 heteroatoms. The van der Waals surface area contributed by atoms with Crippen molar-refractivity contribution < 1.29 is 0 Å². The van der Waals surface area contributed by atoms with Crippen LogP contribution in [0.2, 0.25) is 0 Å². The molecule has 0 spiro atoms. The first-order chi connectivity index (χ1) is 5.38. The minimum Gasteiger partial charge on any atom is -0.382 e. The third kappa shape index (κ3) is 1.22. The third-order valence-corrected chi connectivity index (χ3v) is 2.96. The van der Waals surface area contributed by atoms with Crippen molar-refractivity contribution in [3.63, 3.8) is 0 Å². The van der Waals surface area contributed by atoms with E-state index >= 15 is 0 Å². The monoisotopic (exact) mass is 169 g/mol. The number of aromatic amines is 1. The van der Waals surface area contributed by atoms with E-state index in [0.29, 0.717) is 5.82 Å². The number of thioether (sulfide) groups is 1. The van der Waals surface area contributed by atoms with Crippen molar-refractivity contribution in [1.82, 2.24) is 10.2 Å². The zero-order valence-electron chi connectivity index (χ0n) is 6.26. The largest absolute Gasteiger partial charge is 0.382 e. The summed E-state index contributed by atoms with van der Waals surface area (Å²) in [5.74, 6) is 3.06. The topological polar surface area (TPSA) is 54.7 Å². The summed E-state index contributed by atoms with van der Waals surface area (Å²) in [5, 5.41) is 6.96. The molecule has 0 saturated carbocycles. The SMILES string of the molecule is Nc1n[nH]c2c1CCSCC2. The predicted octanol–water partition coefficient (Wildman–Crippen LogP) is 0.824. The van der Waals surface area contributed by atoms with Gasteiger partial charge in [0.05, 0.1) is 0 Å². The molecule has 1 aliphatic heterocycles. The number of aryl methyl sites for hydroxylation is 1. The second-order valence-corrected chi connectivity index (χ2v) is 3.90. The number of H-pyrrole nitrogens is 1. The molecule has 0 aromatic carbocycles. The van der Waals surface area contributed by atoms with Gasteiger partial charge in [-0.3, -0.25) is 5.10 Å². The van der Waals surface area contributed by atoms with Gasteiger partial charge in [-0.1, -0.05) is 0 Å². The number of nitrogens with one attached hydrogen (secondary N) is 1. The fourth-order valence-electron chi connectivity index (χ4n) is 1.35. The molecule has 0 aliphatic carbocycles. The minimum atomic E-state index is 0.697. The number of anilines is 1. The Morgan fingerprint density at radius 3 is 3.09 bits per heavy atom. The normalized spacial score (nSPS) is 17.5. The standard InChI is InChI=1S/C7H11N3S/c8-7-5-1-3-11-4-2-6(5)9-10-7/h1-4H2,(H3,8,9,10). The molecule has 1 aromatic rings. The van der Waals surface area contributed by atoms with E-state index in [1.165, 1.54) is 22.8 Å². The van der Waals surface area contributed by atoms with Gasteiger partial charge in [0, 0.05) is 11.3 Å². The molecule has 0 fully saturated rings. The number of hydrogen-bond donors (Lipinski definition) is 2. The van der Waals surface area contributed by atoms with Crippen molar-refractivity contribution in [3.05, 3.63) is 11.3 Å². The Kier molecular flexibility index (Phi) is 1.77. The van der Waals surface area contributed by atoms with Crippen molar-refractivity contribution in [2.24, 2.45) is 0 Å². The Morgan fingerprint density at radius 2 is 2.18 bits per heavy atom. The highest BCUT2D eigenvalue weighted by Gasteiger charge is 2.12. The van der Waals surface area contributed by atoms with Crippen molar-refractivity contribution in [3.8, 4) is 0 Å². The molecular formula is C7H11N3S. The second-order valence-electron chi connectivity index (χ2n) is 2.68. The summed E-state index contributed by atoms with van der Waals surface area (Å²) in [6, 6.07) is 0. The Hall–Kier alpha value is -0.640. The van der Waals surface area contributed by atoms with Crippen LogP contribution >= 0.6 is 11.8 Å². The molecule has 0 saturated heterocycles. The molecule has 3 nitrogen and oxygen atoms in total. The first-order valence-electron chi connectivity index (χ1n) is 3.77. The Bertz CT molecular complexity index is 256. The maximum Gasteiger partial charge on any atom is 0.148 e. The summed E-state index contributed by atoms with van der Waals surface area (Å²) < 4.78 is 0. The number of rotatable bonds is 0. The lowest BCUT2D eigenvalue weighted by atomic mass is 10.1. The van der Waals surface area contributed by atoms with Gasteiger partial charge in [0.1, 0.15) is 5.82 Å². The molecule has 0 amide bonds. The summed E-state index contributed by atoms with van der Waals surface area (Å²) in [5.41, 5.74) is 8.17. The summed E-state index contributed by atoms with van der Waals surface area (Å²) in [6.07, 6.45) is 2.16. The highest BCUT2D eigenvalue weighted by molar-refractivity contribution is 7.99. The predicted molar refractivity (Wildman–Crippen MR) is 47.7 cm³/mol. The number of nitrogens with two attached hydrogens (primary N) is 1. The summed E-state index contributed by atoms with van der Waals surface area (Å²) >= 11 is 1.98. The number of nitrogen functional groups attached to an aromatic ring is 1. The van der Waals surface area contributed by atoms with Crippen LogP contribution in [-0.2, 0) is 12.8 Å². The van der Waals surface area contributed by atoms with Crippen LogP contribution in [0.15, 0.2) is 0 Å². The van der Waals surface area contributed by atoms with Crippen molar-refractivity contribution >= 4 is 17.6 Å². The lowest BCUT2D eigenvalue weighted by molar-refractivity contribution is 0.976. The summed E-state index contributed by atoms with van der Waals surface area (Å²) in [4.78, 5) is 0. The highest BCUT2D eigenvalue weighted by atomic mass is 32.2. The van der Waals surface area contributed by atoms with Gasteiger partial charge in [-0.2, -0.15) is 16.9 Å². The van der Waals surface area contributed by atoms with Crippen LogP contribution in [0.3, 0.4) is 0 Å². The molecule has 2 heterocycles. The molecule has 11 heavy (non-hydrogen) atoms. The third-order valence-electron chi connectivity index (χ3n) is 1.98. The molecule has 1 aromatic heterocycles. The Balaban J connectivity index is 2.35. The van der Waals surface area contributed by atoms with Crippen LogP contribution in [0.5, 0.6) is 0 Å². The molecule has 0 atom stereocenters. The number of nitrogens with zero attached hydrogens (tertiary/aromatic N) is 1. The van der Waals surface area contributed by atoms with Crippen molar-refractivity contribution in [1.29, 1.82) is 0 Å². The van der Waals surface area contributed by atoms with E-state index in [1.807, 2.05) is 11.8 Å². The van der Waals surface area contributed by atoms with Gasteiger partial charge in [0.2, 0.25) is 0 Å². The van der Waals surface area contributed by atoms with Gasteiger partial charge >= 0.3 is 0 Å². The van der Waals surface area contributed by atoms with Crippen LogP contribution in [0.25, 0.3) is 0 Å². The van der Waals surface area contributed by atoms with E-state index in [2.05, 4.69) is 10.2 Å². The maximum atomic E-state index is 5.68. The molecule has 0 unspecified atom stereocenters. The van der Waals surface area contributed by atoms with Crippen molar-refractivity contribution in [2.75, 3.05) is 17.2 Å². The lowest BCUT2D eigenvalue weighted by Gasteiger charge is -1.94. The van der Waals surface area contributed by atoms with Crippen LogP contribution < -0.4 is 5.73 Å². The van der Waals surface area contributed by atoms with E-state index in [1.54, 1.807) is 0 Å². The van der Waals surface area contributed by atoms with Gasteiger partial charge in [-0.05, 0) is 24.3 Å². The van der Waals surface area contributed by atoms with E-state index in [0.717, 1.165) is 12.8 Å². The zero-order valence-corrected chi connectivity index (χ0v) is 7.08. The van der Waals surface area contributed by atoms with Gasteiger partial charge in [-0.25, -0.2) is 0 Å². The zero-order chi connectivity index (χ0) is 7.68. The maximum absolute atomic E-state index is 5.68.